The zero-order chi connectivity index (χ0) is 25.3. The van der Waals surface area contributed by atoms with Gasteiger partial charge in [-0.1, -0.05) is 56.1 Å². The highest BCUT2D eigenvalue weighted by Crippen LogP contribution is 2.36. The number of para-hydroxylation sites is 1. The van der Waals surface area contributed by atoms with Gasteiger partial charge in [-0.05, 0) is 66.6 Å². The van der Waals surface area contributed by atoms with E-state index in [0.29, 0.717) is 40.1 Å². The molecule has 1 aliphatic heterocycles. The fourth-order valence-corrected chi connectivity index (χ4v) is 4.24. The first-order valence-electron chi connectivity index (χ1n) is 11.2. The number of benzene rings is 3. The Labute approximate surface area is 214 Å². The molecule has 0 aromatic heterocycles. The molecular weight excluding hydrogens is 485 g/mol. The molecule has 8 heteroatoms. The number of halogens is 2. The van der Waals surface area contributed by atoms with Crippen LogP contribution in [0.15, 0.2) is 66.7 Å². The summed E-state index contributed by atoms with van der Waals surface area (Å²) < 4.78 is 0. The largest absolute Gasteiger partial charge is 0.333 e. The molecular formula is C27H25Cl2N3O3. The van der Waals surface area contributed by atoms with Gasteiger partial charge in [0.05, 0.1) is 16.9 Å². The standard InChI is InChI=1S/C27H25Cl2N3O3/c1-27(2,3)25(34)31-16-15-17-5-4-6-22(23(17)31)24(33)32(21-13-9-19(29)10-14-21)26(35)30-20-11-7-18(28)8-12-20/h4-14H,15-16H2,1-3H3,(H,30,35). The molecule has 0 fully saturated rings. The summed E-state index contributed by atoms with van der Waals surface area (Å²) >= 11 is 12.0. The average molecular weight is 510 g/mol. The Morgan fingerprint density at radius 2 is 1.49 bits per heavy atom. The number of imide groups is 1. The van der Waals surface area contributed by atoms with Crippen LogP contribution in [0.4, 0.5) is 21.9 Å². The Hall–Kier alpha value is -3.35. The van der Waals surface area contributed by atoms with Crippen molar-refractivity contribution in [3.8, 4) is 0 Å². The van der Waals surface area contributed by atoms with E-state index in [1.54, 1.807) is 65.6 Å². The number of anilines is 3. The van der Waals surface area contributed by atoms with Gasteiger partial charge in [0.1, 0.15) is 0 Å². The third-order valence-corrected chi connectivity index (χ3v) is 6.20. The van der Waals surface area contributed by atoms with E-state index in [1.165, 1.54) is 0 Å². The lowest BCUT2D eigenvalue weighted by atomic mass is 9.94. The van der Waals surface area contributed by atoms with Crippen molar-refractivity contribution in [3.63, 3.8) is 0 Å². The first-order chi connectivity index (χ1) is 16.6. The van der Waals surface area contributed by atoms with E-state index < -0.39 is 17.4 Å². The molecule has 0 saturated carbocycles. The van der Waals surface area contributed by atoms with Gasteiger partial charge in [-0.25, -0.2) is 9.69 Å². The number of hydrogen-bond acceptors (Lipinski definition) is 3. The molecule has 0 bridgehead atoms. The van der Waals surface area contributed by atoms with Crippen LogP contribution < -0.4 is 15.1 Å². The van der Waals surface area contributed by atoms with Gasteiger partial charge in [-0.15, -0.1) is 0 Å². The third-order valence-electron chi connectivity index (χ3n) is 5.70. The fourth-order valence-electron chi connectivity index (χ4n) is 3.99. The highest BCUT2D eigenvalue weighted by Gasteiger charge is 2.37. The Balaban J connectivity index is 1.76. The molecule has 0 spiro atoms. The number of nitrogens with one attached hydrogen (secondary N) is 1. The molecule has 1 heterocycles. The van der Waals surface area contributed by atoms with Crippen molar-refractivity contribution in [3.05, 3.63) is 87.9 Å². The van der Waals surface area contributed by atoms with Crippen molar-refractivity contribution in [1.29, 1.82) is 0 Å². The summed E-state index contributed by atoms with van der Waals surface area (Å²) in [6.07, 6.45) is 0.635. The van der Waals surface area contributed by atoms with Crippen LogP contribution in [0.3, 0.4) is 0 Å². The molecule has 6 nitrogen and oxygen atoms in total. The van der Waals surface area contributed by atoms with E-state index in [1.807, 2.05) is 26.8 Å². The average Bonchev–Trinajstić information content (AvgIpc) is 3.25. The van der Waals surface area contributed by atoms with E-state index in [-0.39, 0.29) is 11.5 Å². The molecule has 0 aliphatic carbocycles. The SMILES string of the molecule is CC(C)(C)C(=O)N1CCc2cccc(C(=O)N(C(=O)Nc3ccc(Cl)cc3)c3ccc(Cl)cc3)c21. The number of carbonyl (C=O) groups is 3. The summed E-state index contributed by atoms with van der Waals surface area (Å²) in [5.74, 6) is -0.635. The number of hydrogen-bond donors (Lipinski definition) is 1. The van der Waals surface area contributed by atoms with Gasteiger partial charge < -0.3 is 10.2 Å². The topological polar surface area (TPSA) is 69.7 Å². The fraction of sp³-hybridized carbons (Fsp3) is 0.222. The van der Waals surface area contributed by atoms with Crippen molar-refractivity contribution in [2.75, 3.05) is 21.7 Å². The van der Waals surface area contributed by atoms with E-state index in [2.05, 4.69) is 5.32 Å². The van der Waals surface area contributed by atoms with Gasteiger partial charge in [0.2, 0.25) is 5.91 Å². The minimum atomic E-state index is -0.649. The van der Waals surface area contributed by atoms with Gasteiger partial charge >= 0.3 is 6.03 Å². The van der Waals surface area contributed by atoms with Crippen molar-refractivity contribution < 1.29 is 14.4 Å². The van der Waals surface area contributed by atoms with Crippen LogP contribution in [0.25, 0.3) is 0 Å². The second-order valence-electron chi connectivity index (χ2n) is 9.32. The van der Waals surface area contributed by atoms with Crippen LogP contribution in [0.2, 0.25) is 10.0 Å². The van der Waals surface area contributed by atoms with Crippen LogP contribution in [0, 0.1) is 5.41 Å². The summed E-state index contributed by atoms with van der Waals surface area (Å²) in [4.78, 5) is 43.3. The van der Waals surface area contributed by atoms with Crippen molar-refractivity contribution >= 4 is 58.1 Å². The molecule has 180 valence electrons. The second kappa shape index (κ2) is 9.72. The first kappa shape index (κ1) is 24.8. The summed E-state index contributed by atoms with van der Waals surface area (Å²) in [6, 6.07) is 17.7. The molecule has 0 atom stereocenters. The normalized spacial score (nSPS) is 12.8. The van der Waals surface area contributed by atoms with E-state index in [9.17, 15) is 14.4 Å². The van der Waals surface area contributed by atoms with E-state index in [0.717, 1.165) is 10.5 Å². The van der Waals surface area contributed by atoms with Gasteiger partial charge in [0, 0.05) is 27.7 Å². The van der Waals surface area contributed by atoms with E-state index >= 15 is 0 Å². The van der Waals surface area contributed by atoms with Crippen LogP contribution >= 0.6 is 23.2 Å². The van der Waals surface area contributed by atoms with Crippen molar-refractivity contribution in [1.82, 2.24) is 0 Å². The number of carbonyl (C=O) groups excluding carboxylic acids is 3. The van der Waals surface area contributed by atoms with Crippen molar-refractivity contribution in [2.24, 2.45) is 5.41 Å². The number of nitrogens with zero attached hydrogens (tertiary/aromatic N) is 2. The lowest BCUT2D eigenvalue weighted by molar-refractivity contribution is -0.125. The van der Waals surface area contributed by atoms with Gasteiger partial charge in [-0.2, -0.15) is 0 Å². The van der Waals surface area contributed by atoms with Crippen molar-refractivity contribution in [2.45, 2.75) is 27.2 Å². The van der Waals surface area contributed by atoms with Gasteiger partial charge in [0.15, 0.2) is 0 Å². The second-order valence-corrected chi connectivity index (χ2v) is 10.2. The molecule has 1 aliphatic rings. The zero-order valence-electron chi connectivity index (χ0n) is 19.6. The molecule has 3 aromatic carbocycles. The lowest BCUT2D eigenvalue weighted by Crippen LogP contribution is -2.42. The van der Waals surface area contributed by atoms with Gasteiger partial charge in [0.25, 0.3) is 5.91 Å². The molecule has 35 heavy (non-hydrogen) atoms. The smallest absolute Gasteiger partial charge is 0.311 e. The Morgan fingerprint density at radius 1 is 0.886 bits per heavy atom. The molecule has 0 saturated heterocycles. The Kier molecular flexibility index (Phi) is 6.88. The van der Waals surface area contributed by atoms with Crippen LogP contribution in [0.1, 0.15) is 36.7 Å². The third kappa shape index (κ3) is 5.19. The van der Waals surface area contributed by atoms with Crippen LogP contribution in [0.5, 0.6) is 0 Å². The summed E-state index contributed by atoms with van der Waals surface area (Å²) in [7, 11) is 0. The Bertz CT molecular complexity index is 1280. The number of urea groups is 1. The predicted octanol–water partition coefficient (Wildman–Crippen LogP) is 6.81. The van der Waals surface area contributed by atoms with Crippen LogP contribution in [-0.4, -0.2) is 24.4 Å². The lowest BCUT2D eigenvalue weighted by Gasteiger charge is -2.29. The Morgan fingerprint density at radius 3 is 2.09 bits per heavy atom. The monoisotopic (exact) mass is 509 g/mol. The quantitative estimate of drug-likeness (QED) is 0.421. The molecule has 3 aromatic rings. The molecule has 1 N–H and O–H groups in total. The molecule has 4 amide bonds. The summed E-state index contributed by atoms with van der Waals surface area (Å²) in [6.45, 7) is 6.01. The summed E-state index contributed by atoms with van der Waals surface area (Å²) in [5.41, 5.74) is 1.92. The zero-order valence-corrected chi connectivity index (χ0v) is 21.2. The molecule has 0 unspecified atom stereocenters. The maximum Gasteiger partial charge on any atom is 0.333 e. The molecule has 0 radical (unpaired) electrons. The minimum absolute atomic E-state index is 0.0832. The maximum absolute atomic E-state index is 14.0. The van der Waals surface area contributed by atoms with Gasteiger partial charge in [-0.3, -0.25) is 9.59 Å². The number of fused-ring (bicyclic) bond motifs is 1. The summed E-state index contributed by atoms with van der Waals surface area (Å²) in [5, 5.41) is 3.75. The number of rotatable bonds is 3. The molecule has 4 rings (SSSR count). The first-order valence-corrected chi connectivity index (χ1v) is 11.9. The highest BCUT2D eigenvalue weighted by molar-refractivity contribution is 6.31. The number of amides is 4. The maximum atomic E-state index is 14.0. The minimum Gasteiger partial charge on any atom is -0.311 e. The highest BCUT2D eigenvalue weighted by atomic mass is 35.5. The van der Waals surface area contributed by atoms with Crippen LogP contribution in [-0.2, 0) is 11.2 Å². The van der Waals surface area contributed by atoms with E-state index in [4.69, 9.17) is 23.2 Å². The predicted molar refractivity (Wildman–Crippen MR) is 141 cm³/mol.